The van der Waals surface area contributed by atoms with Gasteiger partial charge in [-0.05, 0) is 36.6 Å². The highest BCUT2D eigenvalue weighted by Crippen LogP contribution is 2.58. The van der Waals surface area contributed by atoms with Crippen LogP contribution in [0.15, 0.2) is 42.7 Å². The molecule has 4 heterocycles. The van der Waals surface area contributed by atoms with E-state index in [0.717, 1.165) is 0 Å². The van der Waals surface area contributed by atoms with Crippen molar-refractivity contribution in [2.45, 2.75) is 36.6 Å². The lowest BCUT2D eigenvalue weighted by atomic mass is 9.97. The third-order valence-electron chi connectivity index (χ3n) is 5.84. The molecule has 9 heteroatoms. The van der Waals surface area contributed by atoms with Gasteiger partial charge < -0.3 is 10.6 Å². The Kier molecular flexibility index (Phi) is 4.06. The van der Waals surface area contributed by atoms with E-state index in [-0.39, 0.29) is 24.4 Å². The molecule has 0 aromatic carbocycles. The van der Waals surface area contributed by atoms with E-state index in [1.54, 1.807) is 34.9 Å². The second-order valence-corrected chi connectivity index (χ2v) is 7.70. The van der Waals surface area contributed by atoms with Gasteiger partial charge in [-0.2, -0.15) is 13.2 Å². The predicted octanol–water partition coefficient (Wildman–Crippen LogP) is 3.71. The van der Waals surface area contributed by atoms with Crippen LogP contribution < -0.4 is 10.6 Å². The van der Waals surface area contributed by atoms with Crippen molar-refractivity contribution in [2.24, 2.45) is 0 Å². The Balaban J connectivity index is 1.51. The van der Waals surface area contributed by atoms with Gasteiger partial charge >= 0.3 is 6.18 Å². The standard InChI is InChI=1S/C20H19F4N5/c21-13-8-25-9-15(13)28-17-3-1-2-14(27-17)16-10-26-18-5-4-12(11-29(16)18)19(6-7-19)20(22,23)24/h1-5,10-11,13,15,25H,6-9H2,(H,27,28)/t13-,15-/m0/s1. The van der Waals surface area contributed by atoms with Crippen molar-refractivity contribution in [2.75, 3.05) is 18.4 Å². The van der Waals surface area contributed by atoms with E-state index >= 15 is 0 Å². The van der Waals surface area contributed by atoms with Crippen LogP contribution in [0.25, 0.3) is 17.0 Å². The van der Waals surface area contributed by atoms with Crippen LogP contribution >= 0.6 is 0 Å². The van der Waals surface area contributed by atoms with Crippen LogP contribution in [0.2, 0.25) is 0 Å². The SMILES string of the molecule is F[C@H]1CNC[C@@H]1Nc1cccc(-c2cnc3ccc(C4(C(F)(F)F)CC4)cn23)n1. The second kappa shape index (κ2) is 6.41. The number of fused-ring (bicyclic) bond motifs is 1. The lowest BCUT2D eigenvalue weighted by Gasteiger charge is -2.20. The van der Waals surface area contributed by atoms with E-state index in [1.165, 1.54) is 12.3 Å². The molecule has 0 bridgehead atoms. The van der Waals surface area contributed by atoms with Crippen molar-refractivity contribution >= 4 is 11.5 Å². The molecule has 0 radical (unpaired) electrons. The molecule has 2 aliphatic rings. The molecule has 5 nitrogen and oxygen atoms in total. The van der Waals surface area contributed by atoms with Gasteiger partial charge in [-0.15, -0.1) is 0 Å². The fourth-order valence-electron chi connectivity index (χ4n) is 3.95. The smallest absolute Gasteiger partial charge is 0.363 e. The van der Waals surface area contributed by atoms with Crippen LogP contribution in [0.5, 0.6) is 0 Å². The molecule has 1 aliphatic carbocycles. The first kappa shape index (κ1) is 18.4. The van der Waals surface area contributed by atoms with Gasteiger partial charge in [-0.1, -0.05) is 12.1 Å². The summed E-state index contributed by atoms with van der Waals surface area (Å²) >= 11 is 0. The zero-order valence-electron chi connectivity index (χ0n) is 15.4. The van der Waals surface area contributed by atoms with Crippen molar-refractivity contribution in [1.82, 2.24) is 19.7 Å². The molecule has 1 aliphatic heterocycles. The monoisotopic (exact) mass is 405 g/mol. The van der Waals surface area contributed by atoms with Gasteiger partial charge in [0.2, 0.25) is 0 Å². The summed E-state index contributed by atoms with van der Waals surface area (Å²) in [7, 11) is 0. The van der Waals surface area contributed by atoms with E-state index in [2.05, 4.69) is 20.6 Å². The number of halogens is 4. The Morgan fingerprint density at radius 2 is 1.97 bits per heavy atom. The number of aromatic nitrogens is 3. The van der Waals surface area contributed by atoms with Gasteiger partial charge in [0.15, 0.2) is 0 Å². The first-order valence-electron chi connectivity index (χ1n) is 9.50. The van der Waals surface area contributed by atoms with Crippen LogP contribution in [0.1, 0.15) is 18.4 Å². The topological polar surface area (TPSA) is 54.2 Å². The van der Waals surface area contributed by atoms with Crippen molar-refractivity contribution in [1.29, 1.82) is 0 Å². The minimum Gasteiger partial charge on any atom is -0.363 e. The molecule has 2 fully saturated rings. The summed E-state index contributed by atoms with van der Waals surface area (Å²) in [5.41, 5.74) is 0.169. The van der Waals surface area contributed by atoms with Crippen molar-refractivity contribution < 1.29 is 17.6 Å². The van der Waals surface area contributed by atoms with E-state index < -0.39 is 17.8 Å². The highest BCUT2D eigenvalue weighted by atomic mass is 19.4. The summed E-state index contributed by atoms with van der Waals surface area (Å²) in [6, 6.07) is 8.02. The van der Waals surface area contributed by atoms with Crippen LogP contribution in [-0.4, -0.2) is 45.8 Å². The van der Waals surface area contributed by atoms with Crippen LogP contribution in [0.4, 0.5) is 23.4 Å². The first-order valence-corrected chi connectivity index (χ1v) is 9.50. The third-order valence-corrected chi connectivity index (χ3v) is 5.84. The van der Waals surface area contributed by atoms with Crippen molar-refractivity contribution in [3.8, 4) is 11.4 Å². The Morgan fingerprint density at radius 1 is 1.14 bits per heavy atom. The molecule has 3 aromatic rings. The third kappa shape index (κ3) is 3.04. The summed E-state index contributed by atoms with van der Waals surface area (Å²) in [5.74, 6) is 0.513. The minimum atomic E-state index is -4.28. The number of nitrogens with zero attached hydrogens (tertiary/aromatic N) is 3. The normalized spacial score (nSPS) is 23.4. The zero-order valence-corrected chi connectivity index (χ0v) is 15.4. The summed E-state index contributed by atoms with van der Waals surface area (Å²) in [5, 5.41) is 6.06. The lowest BCUT2D eigenvalue weighted by molar-refractivity contribution is -0.160. The predicted molar refractivity (Wildman–Crippen MR) is 101 cm³/mol. The Morgan fingerprint density at radius 3 is 2.66 bits per heavy atom. The molecule has 3 aromatic heterocycles. The molecule has 0 unspecified atom stereocenters. The number of hydrogen-bond donors (Lipinski definition) is 2. The molecule has 1 saturated heterocycles. The Labute approximate surface area is 164 Å². The molecule has 2 N–H and O–H groups in total. The molecule has 5 rings (SSSR count). The van der Waals surface area contributed by atoms with Gasteiger partial charge in [-0.3, -0.25) is 4.40 Å². The summed E-state index contributed by atoms with van der Waals surface area (Å²) in [6.45, 7) is 0.805. The molecule has 29 heavy (non-hydrogen) atoms. The number of hydrogen-bond acceptors (Lipinski definition) is 4. The van der Waals surface area contributed by atoms with Gasteiger partial charge in [0, 0.05) is 19.3 Å². The van der Waals surface area contributed by atoms with Gasteiger partial charge in [0.1, 0.15) is 17.6 Å². The number of anilines is 1. The minimum absolute atomic E-state index is 0.101. The van der Waals surface area contributed by atoms with E-state index in [9.17, 15) is 17.6 Å². The quantitative estimate of drug-likeness (QED) is 0.650. The number of rotatable bonds is 4. The molecule has 0 amide bonds. The molecule has 152 valence electrons. The second-order valence-electron chi connectivity index (χ2n) is 7.70. The van der Waals surface area contributed by atoms with E-state index in [0.29, 0.717) is 35.9 Å². The van der Waals surface area contributed by atoms with Crippen LogP contribution in [-0.2, 0) is 5.41 Å². The maximum atomic E-state index is 13.9. The molecular weight excluding hydrogens is 386 g/mol. The van der Waals surface area contributed by atoms with E-state index in [4.69, 9.17) is 0 Å². The number of nitrogens with one attached hydrogen (secondary N) is 2. The zero-order chi connectivity index (χ0) is 20.2. The number of alkyl halides is 4. The number of imidazole rings is 1. The summed E-state index contributed by atoms with van der Waals surface area (Å²) < 4.78 is 56.1. The van der Waals surface area contributed by atoms with E-state index in [1.807, 2.05) is 0 Å². The summed E-state index contributed by atoms with van der Waals surface area (Å²) in [4.78, 5) is 8.83. The fraction of sp³-hybridized carbons (Fsp3) is 0.400. The van der Waals surface area contributed by atoms with Gasteiger partial charge in [0.25, 0.3) is 0 Å². The molecule has 2 atom stereocenters. The average Bonchev–Trinajstić information content (AvgIpc) is 3.28. The maximum Gasteiger partial charge on any atom is 0.398 e. The molecule has 0 spiro atoms. The molecular formula is C20H19F4N5. The largest absolute Gasteiger partial charge is 0.398 e. The van der Waals surface area contributed by atoms with Gasteiger partial charge in [0.05, 0.1) is 29.0 Å². The van der Waals surface area contributed by atoms with Crippen molar-refractivity contribution in [3.05, 3.63) is 48.3 Å². The van der Waals surface area contributed by atoms with Crippen LogP contribution in [0, 0.1) is 0 Å². The lowest BCUT2D eigenvalue weighted by Crippen LogP contribution is -2.29. The molecule has 1 saturated carbocycles. The van der Waals surface area contributed by atoms with Gasteiger partial charge in [-0.25, -0.2) is 14.4 Å². The first-order chi connectivity index (χ1) is 13.9. The fourth-order valence-corrected chi connectivity index (χ4v) is 3.95. The van der Waals surface area contributed by atoms with Crippen LogP contribution in [0.3, 0.4) is 0 Å². The Bertz CT molecular complexity index is 1060. The van der Waals surface area contributed by atoms with Crippen molar-refractivity contribution in [3.63, 3.8) is 0 Å². The Hall–Kier alpha value is -2.68. The highest BCUT2D eigenvalue weighted by Gasteiger charge is 2.64. The summed E-state index contributed by atoms with van der Waals surface area (Å²) in [6.07, 6.45) is -1.98. The number of pyridine rings is 2. The maximum absolute atomic E-state index is 13.9. The average molecular weight is 405 g/mol. The highest BCUT2D eigenvalue weighted by molar-refractivity contribution is 5.62.